The van der Waals surface area contributed by atoms with Crippen LogP contribution in [0.4, 0.5) is 0 Å². The van der Waals surface area contributed by atoms with E-state index in [4.69, 9.17) is 17.3 Å². The Morgan fingerprint density at radius 2 is 1.62 bits per heavy atom. The number of rotatable bonds is 3. The van der Waals surface area contributed by atoms with Gasteiger partial charge in [0.1, 0.15) is 0 Å². The third-order valence-electron chi connectivity index (χ3n) is 3.17. The average molecular weight is 296 g/mol. The molecule has 1 heterocycles. The first-order valence-corrected chi connectivity index (χ1v) is 7.04. The summed E-state index contributed by atoms with van der Waals surface area (Å²) in [4.78, 5) is 9.12. The van der Waals surface area contributed by atoms with E-state index in [0.29, 0.717) is 17.4 Å². The van der Waals surface area contributed by atoms with Gasteiger partial charge in [0.25, 0.3) is 0 Å². The minimum absolute atomic E-state index is 0.361. The molecule has 0 atom stereocenters. The summed E-state index contributed by atoms with van der Waals surface area (Å²) in [5.74, 6) is 0.599. The summed E-state index contributed by atoms with van der Waals surface area (Å²) < 4.78 is 0. The minimum atomic E-state index is 0.361. The van der Waals surface area contributed by atoms with E-state index in [1.54, 1.807) is 0 Å². The molecule has 3 aromatic rings. The molecule has 104 valence electrons. The van der Waals surface area contributed by atoms with E-state index in [-0.39, 0.29) is 0 Å². The van der Waals surface area contributed by atoms with Crippen LogP contribution < -0.4 is 5.73 Å². The van der Waals surface area contributed by atoms with Crippen LogP contribution in [0.25, 0.3) is 22.6 Å². The number of aromatic nitrogens is 2. The van der Waals surface area contributed by atoms with Crippen LogP contribution in [0.2, 0.25) is 5.02 Å². The van der Waals surface area contributed by atoms with Crippen LogP contribution in [0.3, 0.4) is 0 Å². The topological polar surface area (TPSA) is 51.8 Å². The molecule has 21 heavy (non-hydrogen) atoms. The van der Waals surface area contributed by atoms with Crippen molar-refractivity contribution in [2.75, 3.05) is 0 Å². The first kappa shape index (κ1) is 13.7. The van der Waals surface area contributed by atoms with Gasteiger partial charge >= 0.3 is 0 Å². The Labute approximate surface area is 128 Å². The van der Waals surface area contributed by atoms with E-state index in [9.17, 15) is 0 Å². The molecule has 0 saturated carbocycles. The fourth-order valence-corrected chi connectivity index (χ4v) is 2.34. The largest absolute Gasteiger partial charge is 0.325 e. The Morgan fingerprint density at radius 1 is 0.905 bits per heavy atom. The van der Waals surface area contributed by atoms with Crippen molar-refractivity contribution in [2.45, 2.75) is 6.54 Å². The molecular formula is C17H14ClN3. The molecule has 3 rings (SSSR count). The van der Waals surface area contributed by atoms with Crippen LogP contribution in [0.5, 0.6) is 0 Å². The van der Waals surface area contributed by atoms with Gasteiger partial charge in [0.05, 0.1) is 16.4 Å². The second-order valence-corrected chi connectivity index (χ2v) is 5.03. The van der Waals surface area contributed by atoms with Crippen LogP contribution in [0, 0.1) is 0 Å². The maximum Gasteiger partial charge on any atom is 0.161 e. The number of benzene rings is 2. The number of hydrogen-bond donors (Lipinski definition) is 1. The van der Waals surface area contributed by atoms with Crippen LogP contribution >= 0.6 is 11.6 Å². The zero-order valence-corrected chi connectivity index (χ0v) is 12.1. The van der Waals surface area contributed by atoms with E-state index in [2.05, 4.69) is 9.97 Å². The predicted octanol–water partition coefficient (Wildman–Crippen LogP) is 3.92. The van der Waals surface area contributed by atoms with Gasteiger partial charge in [-0.3, -0.25) is 0 Å². The fraction of sp³-hybridized carbons (Fsp3) is 0.0588. The Hall–Kier alpha value is -2.23. The van der Waals surface area contributed by atoms with Crippen molar-refractivity contribution in [3.63, 3.8) is 0 Å². The lowest BCUT2D eigenvalue weighted by atomic mass is 10.1. The van der Waals surface area contributed by atoms with Crippen molar-refractivity contribution < 1.29 is 0 Å². The lowest BCUT2D eigenvalue weighted by Gasteiger charge is -2.08. The number of halogens is 1. The summed E-state index contributed by atoms with van der Waals surface area (Å²) in [5, 5.41) is 0.630. The van der Waals surface area contributed by atoms with Gasteiger partial charge in [-0.2, -0.15) is 0 Å². The molecule has 0 aliphatic heterocycles. The summed E-state index contributed by atoms with van der Waals surface area (Å²) in [5.41, 5.74) is 9.24. The average Bonchev–Trinajstić information content (AvgIpc) is 2.55. The van der Waals surface area contributed by atoms with Gasteiger partial charge in [-0.25, -0.2) is 9.97 Å². The Kier molecular flexibility index (Phi) is 3.95. The molecule has 0 bridgehead atoms. The van der Waals surface area contributed by atoms with Crippen LogP contribution in [0.15, 0.2) is 60.7 Å². The number of nitrogens with two attached hydrogens (primary N) is 1. The number of nitrogens with zero attached hydrogens (tertiary/aromatic N) is 2. The predicted molar refractivity (Wildman–Crippen MR) is 85.8 cm³/mol. The molecule has 0 amide bonds. The molecule has 0 aliphatic rings. The van der Waals surface area contributed by atoms with Crippen molar-refractivity contribution in [3.05, 3.63) is 71.4 Å². The van der Waals surface area contributed by atoms with E-state index in [1.165, 1.54) is 0 Å². The van der Waals surface area contributed by atoms with Crippen LogP contribution in [-0.2, 0) is 6.54 Å². The van der Waals surface area contributed by atoms with Gasteiger partial charge in [-0.1, -0.05) is 54.1 Å². The van der Waals surface area contributed by atoms with Crippen molar-refractivity contribution in [1.82, 2.24) is 9.97 Å². The van der Waals surface area contributed by atoms with Gasteiger partial charge in [-0.05, 0) is 18.2 Å². The zero-order valence-electron chi connectivity index (χ0n) is 11.3. The second kappa shape index (κ2) is 6.04. The molecule has 0 saturated heterocycles. The molecule has 0 spiro atoms. The summed E-state index contributed by atoms with van der Waals surface area (Å²) in [6.45, 7) is 0.361. The molecule has 0 radical (unpaired) electrons. The smallest absolute Gasteiger partial charge is 0.161 e. The Bertz CT molecular complexity index is 757. The Balaban J connectivity index is 2.17. The SMILES string of the molecule is NCc1cc(-c2ccccc2)nc(-c2ccccc2Cl)n1. The highest BCUT2D eigenvalue weighted by atomic mass is 35.5. The fourth-order valence-electron chi connectivity index (χ4n) is 2.12. The highest BCUT2D eigenvalue weighted by Crippen LogP contribution is 2.27. The summed E-state index contributed by atoms with van der Waals surface area (Å²) >= 11 is 6.24. The van der Waals surface area contributed by atoms with E-state index in [1.807, 2.05) is 60.7 Å². The van der Waals surface area contributed by atoms with E-state index in [0.717, 1.165) is 22.5 Å². The molecule has 0 fully saturated rings. The van der Waals surface area contributed by atoms with Gasteiger partial charge < -0.3 is 5.73 Å². The molecule has 0 aliphatic carbocycles. The second-order valence-electron chi connectivity index (χ2n) is 4.62. The van der Waals surface area contributed by atoms with Crippen molar-refractivity contribution in [2.24, 2.45) is 5.73 Å². The van der Waals surface area contributed by atoms with Crippen molar-refractivity contribution in [3.8, 4) is 22.6 Å². The molecule has 3 nitrogen and oxygen atoms in total. The lowest BCUT2D eigenvalue weighted by Crippen LogP contribution is -2.03. The van der Waals surface area contributed by atoms with Gasteiger partial charge in [0.15, 0.2) is 5.82 Å². The standard InChI is InChI=1S/C17H14ClN3/c18-15-9-5-4-8-14(15)17-20-13(11-19)10-16(21-17)12-6-2-1-3-7-12/h1-10H,11,19H2. The third-order valence-corrected chi connectivity index (χ3v) is 3.50. The Morgan fingerprint density at radius 3 is 2.33 bits per heavy atom. The molecule has 2 N–H and O–H groups in total. The van der Waals surface area contributed by atoms with E-state index < -0.39 is 0 Å². The first-order valence-electron chi connectivity index (χ1n) is 6.66. The highest BCUT2D eigenvalue weighted by molar-refractivity contribution is 6.33. The monoisotopic (exact) mass is 295 g/mol. The normalized spacial score (nSPS) is 10.6. The quantitative estimate of drug-likeness (QED) is 0.796. The maximum atomic E-state index is 6.24. The molecule has 4 heteroatoms. The highest BCUT2D eigenvalue weighted by Gasteiger charge is 2.10. The van der Waals surface area contributed by atoms with Gasteiger partial charge in [-0.15, -0.1) is 0 Å². The summed E-state index contributed by atoms with van der Waals surface area (Å²) in [7, 11) is 0. The molecule has 0 unspecified atom stereocenters. The first-order chi connectivity index (χ1) is 10.3. The van der Waals surface area contributed by atoms with Crippen LogP contribution in [0.1, 0.15) is 5.69 Å². The van der Waals surface area contributed by atoms with Crippen LogP contribution in [-0.4, -0.2) is 9.97 Å². The van der Waals surface area contributed by atoms with Crippen molar-refractivity contribution >= 4 is 11.6 Å². The van der Waals surface area contributed by atoms with Gasteiger partial charge in [0, 0.05) is 17.7 Å². The lowest BCUT2D eigenvalue weighted by molar-refractivity contribution is 0.972. The third kappa shape index (κ3) is 2.94. The molecule has 1 aromatic heterocycles. The zero-order chi connectivity index (χ0) is 14.7. The van der Waals surface area contributed by atoms with E-state index >= 15 is 0 Å². The summed E-state index contributed by atoms with van der Waals surface area (Å²) in [6, 6.07) is 19.4. The molecular weight excluding hydrogens is 282 g/mol. The van der Waals surface area contributed by atoms with Crippen molar-refractivity contribution in [1.29, 1.82) is 0 Å². The number of hydrogen-bond acceptors (Lipinski definition) is 3. The minimum Gasteiger partial charge on any atom is -0.325 e. The maximum absolute atomic E-state index is 6.24. The summed E-state index contributed by atoms with van der Waals surface area (Å²) in [6.07, 6.45) is 0. The van der Waals surface area contributed by atoms with Gasteiger partial charge in [0.2, 0.25) is 0 Å². The molecule has 2 aromatic carbocycles.